The number of Topliss-reactive ketones (excluding diaryl/α,β-unsaturated/α-hetero) is 1. The lowest BCUT2D eigenvalue weighted by Gasteiger charge is -2.05. The van der Waals surface area contributed by atoms with Crippen LogP contribution < -0.4 is 0 Å². The molecule has 0 saturated heterocycles. The van der Waals surface area contributed by atoms with Gasteiger partial charge in [-0.2, -0.15) is 0 Å². The third kappa shape index (κ3) is 2.59. The highest BCUT2D eigenvalue weighted by Gasteiger charge is 2.20. The molecule has 0 saturated carbocycles. The molecule has 0 amide bonds. The van der Waals surface area contributed by atoms with Gasteiger partial charge in [0.15, 0.2) is 5.78 Å². The maximum atomic E-state index is 12.1. The van der Waals surface area contributed by atoms with E-state index in [0.29, 0.717) is 12.2 Å². The Bertz CT molecular complexity index is 716. The van der Waals surface area contributed by atoms with Crippen LogP contribution in [0, 0.1) is 0 Å². The van der Waals surface area contributed by atoms with Crippen molar-refractivity contribution in [2.45, 2.75) is 19.8 Å². The quantitative estimate of drug-likeness (QED) is 0.418. The molecule has 3 nitrogen and oxygen atoms in total. The summed E-state index contributed by atoms with van der Waals surface area (Å²) in [5.74, 6) is -0.654. The molecular formula is C18H16O3. The molecule has 1 aliphatic rings. The molecular weight excluding hydrogens is 264 g/mol. The standard InChI is InChI=1S/C18H16O3/c1-2-21-18(20)11-17(19)13-7-8-16-14(10-13)9-12-5-3-4-6-15(12)16/h3-8,10H,2,9,11H2,1H3. The summed E-state index contributed by atoms with van der Waals surface area (Å²) in [5, 5.41) is 0. The molecule has 2 aromatic carbocycles. The highest BCUT2D eigenvalue weighted by Crippen LogP contribution is 2.36. The van der Waals surface area contributed by atoms with Crippen LogP contribution in [0.3, 0.4) is 0 Å². The Balaban J connectivity index is 1.84. The summed E-state index contributed by atoms with van der Waals surface area (Å²) in [6, 6.07) is 13.9. The molecule has 0 atom stereocenters. The minimum atomic E-state index is -0.466. The van der Waals surface area contributed by atoms with E-state index in [0.717, 1.165) is 12.0 Å². The van der Waals surface area contributed by atoms with Gasteiger partial charge in [-0.05, 0) is 41.7 Å². The number of carbonyl (C=O) groups excluding carboxylic acids is 2. The molecule has 2 aromatic rings. The van der Waals surface area contributed by atoms with Gasteiger partial charge in [-0.3, -0.25) is 9.59 Å². The first kappa shape index (κ1) is 13.6. The Morgan fingerprint density at radius 3 is 2.62 bits per heavy atom. The summed E-state index contributed by atoms with van der Waals surface area (Å²) in [6.45, 7) is 2.03. The smallest absolute Gasteiger partial charge is 0.313 e. The van der Waals surface area contributed by atoms with Gasteiger partial charge in [-0.15, -0.1) is 0 Å². The Hall–Kier alpha value is -2.42. The van der Waals surface area contributed by atoms with Crippen molar-refractivity contribution in [2.75, 3.05) is 6.61 Å². The van der Waals surface area contributed by atoms with E-state index < -0.39 is 5.97 Å². The molecule has 21 heavy (non-hydrogen) atoms. The number of carbonyl (C=O) groups is 2. The zero-order valence-corrected chi connectivity index (χ0v) is 11.9. The maximum Gasteiger partial charge on any atom is 0.313 e. The van der Waals surface area contributed by atoms with E-state index >= 15 is 0 Å². The summed E-state index contributed by atoms with van der Waals surface area (Å²) in [4.78, 5) is 23.5. The van der Waals surface area contributed by atoms with Crippen LogP contribution in [0.5, 0.6) is 0 Å². The SMILES string of the molecule is CCOC(=O)CC(=O)c1ccc2c(c1)Cc1ccccc1-2. The van der Waals surface area contributed by atoms with Gasteiger partial charge >= 0.3 is 5.97 Å². The first-order chi connectivity index (χ1) is 10.2. The van der Waals surface area contributed by atoms with E-state index in [1.165, 1.54) is 16.7 Å². The molecule has 0 aromatic heterocycles. The fraction of sp³-hybridized carbons (Fsp3) is 0.222. The normalized spacial score (nSPS) is 11.7. The van der Waals surface area contributed by atoms with E-state index in [1.54, 1.807) is 13.0 Å². The minimum absolute atomic E-state index is 0.188. The predicted molar refractivity (Wildman–Crippen MR) is 80.3 cm³/mol. The Morgan fingerprint density at radius 1 is 1.05 bits per heavy atom. The third-order valence-electron chi connectivity index (χ3n) is 3.73. The molecule has 3 rings (SSSR count). The molecule has 3 heteroatoms. The summed E-state index contributed by atoms with van der Waals surface area (Å²) >= 11 is 0. The minimum Gasteiger partial charge on any atom is -0.466 e. The summed E-state index contributed by atoms with van der Waals surface area (Å²) in [7, 11) is 0. The first-order valence-corrected chi connectivity index (χ1v) is 7.09. The summed E-state index contributed by atoms with van der Waals surface area (Å²) < 4.78 is 4.82. The molecule has 106 valence electrons. The second-order valence-electron chi connectivity index (χ2n) is 5.11. The number of hydrogen-bond donors (Lipinski definition) is 0. The van der Waals surface area contributed by atoms with Crippen LogP contribution in [-0.2, 0) is 16.0 Å². The van der Waals surface area contributed by atoms with Crippen LogP contribution in [0.4, 0.5) is 0 Å². The molecule has 0 aliphatic heterocycles. The van der Waals surface area contributed by atoms with Crippen LogP contribution in [0.1, 0.15) is 34.8 Å². The van der Waals surface area contributed by atoms with Crippen LogP contribution in [-0.4, -0.2) is 18.4 Å². The molecule has 0 bridgehead atoms. The molecule has 0 radical (unpaired) electrons. The molecule has 0 heterocycles. The van der Waals surface area contributed by atoms with Crippen molar-refractivity contribution in [1.82, 2.24) is 0 Å². The number of ether oxygens (including phenoxy) is 1. The zero-order valence-electron chi connectivity index (χ0n) is 11.9. The predicted octanol–water partition coefficient (Wildman–Crippen LogP) is 3.39. The van der Waals surface area contributed by atoms with Gasteiger partial charge in [-0.25, -0.2) is 0 Å². The highest BCUT2D eigenvalue weighted by atomic mass is 16.5. The van der Waals surface area contributed by atoms with Crippen LogP contribution >= 0.6 is 0 Å². The highest BCUT2D eigenvalue weighted by molar-refractivity contribution is 6.06. The molecule has 0 N–H and O–H groups in total. The van der Waals surface area contributed by atoms with E-state index in [1.807, 2.05) is 24.3 Å². The molecule has 0 unspecified atom stereocenters. The number of esters is 1. The fourth-order valence-corrected chi connectivity index (χ4v) is 2.76. The second-order valence-corrected chi connectivity index (χ2v) is 5.11. The average Bonchev–Trinajstić information content (AvgIpc) is 2.85. The van der Waals surface area contributed by atoms with Crippen molar-refractivity contribution >= 4 is 11.8 Å². The first-order valence-electron chi connectivity index (χ1n) is 7.09. The van der Waals surface area contributed by atoms with Crippen molar-refractivity contribution in [3.8, 4) is 11.1 Å². The van der Waals surface area contributed by atoms with Crippen molar-refractivity contribution < 1.29 is 14.3 Å². The Morgan fingerprint density at radius 2 is 1.81 bits per heavy atom. The number of ketones is 1. The maximum absolute atomic E-state index is 12.1. The van der Waals surface area contributed by atoms with Gasteiger partial charge in [0.1, 0.15) is 6.42 Å². The molecule has 0 fully saturated rings. The van der Waals surface area contributed by atoms with Gasteiger partial charge in [0.2, 0.25) is 0 Å². The Labute approximate surface area is 123 Å². The molecule has 1 aliphatic carbocycles. The lowest BCUT2D eigenvalue weighted by atomic mass is 10.0. The number of hydrogen-bond acceptors (Lipinski definition) is 3. The monoisotopic (exact) mass is 280 g/mol. The van der Waals surface area contributed by atoms with Crippen LogP contribution in [0.25, 0.3) is 11.1 Å². The van der Waals surface area contributed by atoms with Crippen molar-refractivity contribution in [2.24, 2.45) is 0 Å². The third-order valence-corrected chi connectivity index (χ3v) is 3.73. The number of benzene rings is 2. The van der Waals surface area contributed by atoms with E-state index in [2.05, 4.69) is 12.1 Å². The summed E-state index contributed by atoms with van der Waals surface area (Å²) in [6.07, 6.45) is 0.644. The van der Waals surface area contributed by atoms with Gasteiger partial charge in [0, 0.05) is 5.56 Å². The fourth-order valence-electron chi connectivity index (χ4n) is 2.76. The van der Waals surface area contributed by atoms with Gasteiger partial charge < -0.3 is 4.74 Å². The zero-order chi connectivity index (χ0) is 14.8. The van der Waals surface area contributed by atoms with Crippen molar-refractivity contribution in [3.05, 3.63) is 59.2 Å². The molecule has 0 spiro atoms. The van der Waals surface area contributed by atoms with E-state index in [4.69, 9.17) is 4.74 Å². The van der Waals surface area contributed by atoms with Crippen LogP contribution in [0.2, 0.25) is 0 Å². The van der Waals surface area contributed by atoms with E-state index in [9.17, 15) is 9.59 Å². The van der Waals surface area contributed by atoms with Gasteiger partial charge in [0.25, 0.3) is 0 Å². The van der Waals surface area contributed by atoms with Gasteiger partial charge in [-0.1, -0.05) is 36.4 Å². The number of fused-ring (bicyclic) bond motifs is 3. The van der Waals surface area contributed by atoms with E-state index in [-0.39, 0.29) is 12.2 Å². The topological polar surface area (TPSA) is 43.4 Å². The van der Waals surface area contributed by atoms with Crippen molar-refractivity contribution in [1.29, 1.82) is 0 Å². The average molecular weight is 280 g/mol. The summed E-state index contributed by atoms with van der Waals surface area (Å²) in [5.41, 5.74) is 5.41. The largest absolute Gasteiger partial charge is 0.466 e. The number of rotatable bonds is 4. The lowest BCUT2D eigenvalue weighted by molar-refractivity contribution is -0.141. The second kappa shape index (κ2) is 5.52. The van der Waals surface area contributed by atoms with Crippen molar-refractivity contribution in [3.63, 3.8) is 0 Å². The van der Waals surface area contributed by atoms with Crippen LogP contribution in [0.15, 0.2) is 42.5 Å². The lowest BCUT2D eigenvalue weighted by Crippen LogP contribution is -2.11. The Kier molecular flexibility index (Phi) is 3.57. The van der Waals surface area contributed by atoms with Gasteiger partial charge in [0.05, 0.1) is 6.61 Å².